The van der Waals surface area contributed by atoms with Gasteiger partial charge in [-0.3, -0.25) is 4.40 Å². The quantitative estimate of drug-likeness (QED) is 0.776. The first-order chi connectivity index (χ1) is 8.83. The van der Waals surface area contributed by atoms with Gasteiger partial charge in [0.15, 0.2) is 11.5 Å². The molecule has 6 heteroatoms. The molecule has 0 saturated heterocycles. The lowest BCUT2D eigenvalue weighted by Crippen LogP contribution is -2.14. The molecule has 0 bridgehead atoms. The summed E-state index contributed by atoms with van der Waals surface area (Å²) in [4.78, 5) is 4.41. The molecule has 0 radical (unpaired) electrons. The lowest BCUT2D eigenvalue weighted by molar-refractivity contribution is 0.653. The third-order valence-electron chi connectivity index (χ3n) is 2.61. The van der Waals surface area contributed by atoms with Gasteiger partial charge >= 0.3 is 0 Å². The van der Waals surface area contributed by atoms with Crippen LogP contribution in [0.4, 0.5) is 0 Å². The molecule has 0 fully saturated rings. The van der Waals surface area contributed by atoms with Crippen molar-refractivity contribution in [3.05, 3.63) is 46.3 Å². The van der Waals surface area contributed by atoms with Crippen LogP contribution >= 0.6 is 11.3 Å². The SMILES string of the molecule is Cc1csc(CNCc2nnc3ccccn23)n1. The number of hydrogen-bond donors (Lipinski definition) is 1. The van der Waals surface area contributed by atoms with Crippen molar-refractivity contribution in [1.29, 1.82) is 0 Å². The van der Waals surface area contributed by atoms with Crippen LogP contribution < -0.4 is 5.32 Å². The molecule has 0 atom stereocenters. The minimum absolute atomic E-state index is 0.684. The predicted octanol–water partition coefficient (Wildman–Crippen LogP) is 1.78. The van der Waals surface area contributed by atoms with Crippen molar-refractivity contribution in [2.24, 2.45) is 0 Å². The highest BCUT2D eigenvalue weighted by Crippen LogP contribution is 2.08. The van der Waals surface area contributed by atoms with Crippen molar-refractivity contribution in [3.8, 4) is 0 Å². The maximum absolute atomic E-state index is 4.41. The van der Waals surface area contributed by atoms with Gasteiger partial charge in [0.05, 0.1) is 6.54 Å². The molecule has 5 nitrogen and oxygen atoms in total. The number of nitrogens with one attached hydrogen (secondary N) is 1. The highest BCUT2D eigenvalue weighted by atomic mass is 32.1. The Balaban J connectivity index is 1.66. The van der Waals surface area contributed by atoms with Crippen LogP contribution in [0.25, 0.3) is 5.65 Å². The summed E-state index contributed by atoms with van der Waals surface area (Å²) >= 11 is 1.67. The van der Waals surface area contributed by atoms with Gasteiger partial charge in [-0.05, 0) is 19.1 Å². The molecule has 92 valence electrons. The van der Waals surface area contributed by atoms with Gasteiger partial charge in [-0.1, -0.05) is 6.07 Å². The van der Waals surface area contributed by atoms with Crippen molar-refractivity contribution in [3.63, 3.8) is 0 Å². The highest BCUT2D eigenvalue weighted by Gasteiger charge is 2.04. The van der Waals surface area contributed by atoms with E-state index < -0.39 is 0 Å². The Morgan fingerprint density at radius 2 is 2.22 bits per heavy atom. The van der Waals surface area contributed by atoms with Gasteiger partial charge in [-0.15, -0.1) is 21.5 Å². The average molecular weight is 259 g/mol. The number of fused-ring (bicyclic) bond motifs is 1. The second-order valence-corrected chi connectivity index (χ2v) is 4.97. The van der Waals surface area contributed by atoms with Gasteiger partial charge < -0.3 is 5.32 Å². The third kappa shape index (κ3) is 2.25. The van der Waals surface area contributed by atoms with E-state index in [0.29, 0.717) is 6.54 Å². The largest absolute Gasteiger partial charge is 0.303 e. The number of pyridine rings is 1. The summed E-state index contributed by atoms with van der Waals surface area (Å²) < 4.78 is 1.99. The first-order valence-electron chi connectivity index (χ1n) is 5.73. The van der Waals surface area contributed by atoms with Crippen LogP contribution in [0.2, 0.25) is 0 Å². The molecule has 0 saturated carbocycles. The standard InChI is InChI=1S/C12H13N5S/c1-9-8-18-12(14-9)7-13-6-11-16-15-10-4-2-3-5-17(10)11/h2-5,8,13H,6-7H2,1H3. The summed E-state index contributed by atoms with van der Waals surface area (Å²) in [6, 6.07) is 5.88. The zero-order valence-electron chi connectivity index (χ0n) is 10.00. The van der Waals surface area contributed by atoms with Crippen LogP contribution in [0, 0.1) is 6.92 Å². The summed E-state index contributed by atoms with van der Waals surface area (Å²) in [6.45, 7) is 3.45. The zero-order chi connectivity index (χ0) is 12.4. The smallest absolute Gasteiger partial charge is 0.160 e. The first kappa shape index (κ1) is 11.3. The summed E-state index contributed by atoms with van der Waals surface area (Å²) in [7, 11) is 0. The second kappa shape index (κ2) is 4.83. The molecular formula is C12H13N5S. The minimum Gasteiger partial charge on any atom is -0.303 e. The molecule has 18 heavy (non-hydrogen) atoms. The molecule has 0 spiro atoms. The van der Waals surface area contributed by atoms with Gasteiger partial charge in [0.2, 0.25) is 0 Å². The van der Waals surface area contributed by atoms with Gasteiger partial charge in [-0.2, -0.15) is 0 Å². The fraction of sp³-hybridized carbons (Fsp3) is 0.250. The Morgan fingerprint density at radius 3 is 3.06 bits per heavy atom. The number of aromatic nitrogens is 4. The molecule has 3 aromatic rings. The van der Waals surface area contributed by atoms with Crippen LogP contribution in [0.15, 0.2) is 29.8 Å². The third-order valence-corrected chi connectivity index (χ3v) is 3.58. The number of hydrogen-bond acceptors (Lipinski definition) is 5. The molecular weight excluding hydrogens is 246 g/mol. The van der Waals surface area contributed by atoms with E-state index in [-0.39, 0.29) is 0 Å². The zero-order valence-corrected chi connectivity index (χ0v) is 10.8. The monoisotopic (exact) mass is 259 g/mol. The van der Waals surface area contributed by atoms with Gasteiger partial charge in [0.1, 0.15) is 5.01 Å². The summed E-state index contributed by atoms with van der Waals surface area (Å²) in [6.07, 6.45) is 1.97. The predicted molar refractivity (Wildman–Crippen MR) is 70.4 cm³/mol. The van der Waals surface area contributed by atoms with Crippen molar-refractivity contribution >= 4 is 17.0 Å². The van der Waals surface area contributed by atoms with Gasteiger partial charge in [0, 0.05) is 23.8 Å². The van der Waals surface area contributed by atoms with Crippen LogP contribution in [-0.2, 0) is 13.1 Å². The topological polar surface area (TPSA) is 55.1 Å². The fourth-order valence-electron chi connectivity index (χ4n) is 1.78. The van der Waals surface area contributed by atoms with E-state index in [1.54, 1.807) is 11.3 Å². The van der Waals surface area contributed by atoms with Gasteiger partial charge in [0.25, 0.3) is 0 Å². The molecule has 3 aromatic heterocycles. The summed E-state index contributed by atoms with van der Waals surface area (Å²) in [5, 5.41) is 14.8. The number of aryl methyl sites for hydroxylation is 1. The van der Waals surface area contributed by atoms with Crippen molar-refractivity contribution in [2.75, 3.05) is 0 Å². The Labute approximate surface area is 109 Å². The van der Waals surface area contributed by atoms with Crippen LogP contribution in [0.3, 0.4) is 0 Å². The van der Waals surface area contributed by atoms with Crippen LogP contribution in [0.1, 0.15) is 16.5 Å². The number of rotatable bonds is 4. The molecule has 3 heterocycles. The van der Waals surface area contributed by atoms with Crippen molar-refractivity contribution in [2.45, 2.75) is 20.0 Å². The first-order valence-corrected chi connectivity index (χ1v) is 6.61. The minimum atomic E-state index is 0.684. The maximum atomic E-state index is 4.41. The van der Waals surface area contributed by atoms with Crippen molar-refractivity contribution < 1.29 is 0 Å². The molecule has 0 aliphatic heterocycles. The summed E-state index contributed by atoms with van der Waals surface area (Å²) in [5.41, 5.74) is 1.95. The summed E-state index contributed by atoms with van der Waals surface area (Å²) in [5.74, 6) is 0.916. The molecule has 0 unspecified atom stereocenters. The van der Waals surface area contributed by atoms with E-state index in [2.05, 4.69) is 25.9 Å². The molecule has 0 aliphatic rings. The fourth-order valence-corrected chi connectivity index (χ4v) is 2.52. The Kier molecular flexibility index (Phi) is 3.04. The normalized spacial score (nSPS) is 11.2. The Morgan fingerprint density at radius 1 is 1.28 bits per heavy atom. The van der Waals surface area contributed by atoms with E-state index in [0.717, 1.165) is 28.7 Å². The second-order valence-electron chi connectivity index (χ2n) is 4.03. The molecule has 0 amide bonds. The highest BCUT2D eigenvalue weighted by molar-refractivity contribution is 7.09. The number of thiazole rings is 1. The number of nitrogens with zero attached hydrogens (tertiary/aromatic N) is 4. The van der Waals surface area contributed by atoms with E-state index in [9.17, 15) is 0 Å². The van der Waals surface area contributed by atoms with E-state index >= 15 is 0 Å². The average Bonchev–Trinajstić information content (AvgIpc) is 2.97. The van der Waals surface area contributed by atoms with Crippen molar-refractivity contribution in [1.82, 2.24) is 24.9 Å². The van der Waals surface area contributed by atoms with E-state index in [4.69, 9.17) is 0 Å². The molecule has 0 aromatic carbocycles. The molecule has 1 N–H and O–H groups in total. The molecule has 3 rings (SSSR count). The van der Waals surface area contributed by atoms with E-state index in [1.807, 2.05) is 35.7 Å². The lowest BCUT2D eigenvalue weighted by Gasteiger charge is -2.01. The van der Waals surface area contributed by atoms with Crippen LogP contribution in [-0.4, -0.2) is 19.6 Å². The Bertz CT molecular complexity index is 657. The van der Waals surface area contributed by atoms with Crippen LogP contribution in [0.5, 0.6) is 0 Å². The molecule has 0 aliphatic carbocycles. The maximum Gasteiger partial charge on any atom is 0.160 e. The Hall–Kier alpha value is -1.79. The lowest BCUT2D eigenvalue weighted by atomic mass is 10.4. The van der Waals surface area contributed by atoms with Gasteiger partial charge in [-0.25, -0.2) is 4.98 Å². The van der Waals surface area contributed by atoms with E-state index in [1.165, 1.54) is 0 Å².